The summed E-state index contributed by atoms with van der Waals surface area (Å²) in [5, 5.41) is 9.15. The lowest BCUT2D eigenvalue weighted by molar-refractivity contribution is -0.150. The van der Waals surface area contributed by atoms with E-state index in [2.05, 4.69) is 0 Å². The van der Waals surface area contributed by atoms with E-state index in [0.717, 1.165) is 24.6 Å². The molecular weight excluding hydrogens is 252 g/mol. The zero-order valence-electron chi connectivity index (χ0n) is 10.7. The average Bonchev–Trinajstić information content (AvgIpc) is 2.40. The van der Waals surface area contributed by atoms with Crippen molar-refractivity contribution in [1.82, 2.24) is 9.80 Å². The van der Waals surface area contributed by atoms with Crippen LogP contribution in [0, 0.1) is 5.41 Å². The number of urea groups is 1. The number of thioether (sulfide) groups is 1. The van der Waals surface area contributed by atoms with Crippen LogP contribution in [0.4, 0.5) is 4.79 Å². The number of carbonyl (C=O) groups is 2. The Labute approximate surface area is 112 Å². The molecule has 0 aromatic rings. The normalized spacial score (nSPS) is 23.8. The maximum Gasteiger partial charge on any atom is 0.320 e. The fourth-order valence-electron chi connectivity index (χ4n) is 2.36. The smallest absolute Gasteiger partial charge is 0.320 e. The van der Waals surface area contributed by atoms with E-state index in [0.29, 0.717) is 25.9 Å². The quantitative estimate of drug-likeness (QED) is 0.782. The predicted octanol–water partition coefficient (Wildman–Crippen LogP) is 1.34. The Bertz CT molecular complexity index is 334. The van der Waals surface area contributed by atoms with Gasteiger partial charge in [-0.1, -0.05) is 0 Å². The van der Waals surface area contributed by atoms with Crippen molar-refractivity contribution in [2.45, 2.75) is 19.8 Å². The van der Waals surface area contributed by atoms with Crippen LogP contribution in [-0.2, 0) is 4.79 Å². The monoisotopic (exact) mass is 272 g/mol. The number of aliphatic carboxylic acids is 1. The van der Waals surface area contributed by atoms with Gasteiger partial charge in [0.05, 0.1) is 5.41 Å². The number of carboxylic acid groups (broad SMARTS) is 1. The standard InChI is InChI=1S/C12H20N2O3S/c1-12(10(15)16)2-4-13(5-3-12)11(17)14-6-8-18-9-7-14/h2-9H2,1H3,(H,15,16). The second-order valence-corrected chi connectivity index (χ2v) is 6.46. The highest BCUT2D eigenvalue weighted by atomic mass is 32.2. The van der Waals surface area contributed by atoms with Gasteiger partial charge in [-0.25, -0.2) is 4.79 Å². The number of carbonyl (C=O) groups excluding carboxylic acids is 1. The van der Waals surface area contributed by atoms with Crippen molar-refractivity contribution >= 4 is 23.8 Å². The summed E-state index contributed by atoms with van der Waals surface area (Å²) >= 11 is 1.88. The SMILES string of the molecule is CC1(C(=O)O)CCN(C(=O)N2CCSCC2)CC1. The molecule has 5 nitrogen and oxygen atoms in total. The van der Waals surface area contributed by atoms with Crippen molar-refractivity contribution in [2.75, 3.05) is 37.7 Å². The molecule has 18 heavy (non-hydrogen) atoms. The summed E-state index contributed by atoms with van der Waals surface area (Å²) in [5.41, 5.74) is -0.658. The molecule has 0 aromatic carbocycles. The Morgan fingerprint density at radius 1 is 1.06 bits per heavy atom. The van der Waals surface area contributed by atoms with Gasteiger partial charge in [-0.05, 0) is 19.8 Å². The van der Waals surface area contributed by atoms with Crippen LogP contribution in [0.25, 0.3) is 0 Å². The van der Waals surface area contributed by atoms with Crippen LogP contribution in [0.1, 0.15) is 19.8 Å². The lowest BCUT2D eigenvalue weighted by atomic mass is 9.80. The van der Waals surface area contributed by atoms with E-state index in [-0.39, 0.29) is 6.03 Å². The number of nitrogens with zero attached hydrogens (tertiary/aromatic N) is 2. The number of hydrogen-bond acceptors (Lipinski definition) is 3. The Hall–Kier alpha value is -0.910. The van der Waals surface area contributed by atoms with Crippen molar-refractivity contribution in [3.8, 4) is 0 Å². The highest BCUT2D eigenvalue weighted by Gasteiger charge is 2.38. The molecule has 1 N–H and O–H groups in total. The van der Waals surface area contributed by atoms with Crippen LogP contribution >= 0.6 is 11.8 Å². The molecule has 0 saturated carbocycles. The van der Waals surface area contributed by atoms with E-state index in [1.165, 1.54) is 0 Å². The summed E-state index contributed by atoms with van der Waals surface area (Å²) in [6.45, 7) is 4.53. The van der Waals surface area contributed by atoms with Crippen molar-refractivity contribution in [3.05, 3.63) is 0 Å². The van der Waals surface area contributed by atoms with Gasteiger partial charge in [0.1, 0.15) is 0 Å². The predicted molar refractivity (Wildman–Crippen MR) is 70.8 cm³/mol. The second-order valence-electron chi connectivity index (χ2n) is 5.23. The molecule has 0 spiro atoms. The van der Waals surface area contributed by atoms with Gasteiger partial charge in [0, 0.05) is 37.7 Å². The molecule has 2 amide bonds. The van der Waals surface area contributed by atoms with Gasteiger partial charge in [0.25, 0.3) is 0 Å². The Kier molecular flexibility index (Phi) is 4.04. The molecule has 0 atom stereocenters. The van der Waals surface area contributed by atoms with Gasteiger partial charge in [-0.3, -0.25) is 4.79 Å². The number of carboxylic acids is 1. The number of rotatable bonds is 1. The first-order valence-corrected chi connectivity index (χ1v) is 7.53. The van der Waals surface area contributed by atoms with Crippen LogP contribution in [-0.4, -0.2) is 64.6 Å². The summed E-state index contributed by atoms with van der Waals surface area (Å²) in [4.78, 5) is 27.1. The van der Waals surface area contributed by atoms with Gasteiger partial charge in [0.15, 0.2) is 0 Å². The fraction of sp³-hybridized carbons (Fsp3) is 0.833. The van der Waals surface area contributed by atoms with E-state index in [1.54, 1.807) is 11.8 Å². The van der Waals surface area contributed by atoms with E-state index in [9.17, 15) is 9.59 Å². The summed E-state index contributed by atoms with van der Waals surface area (Å²) in [6, 6.07) is 0.0859. The van der Waals surface area contributed by atoms with Gasteiger partial charge in [-0.15, -0.1) is 0 Å². The topological polar surface area (TPSA) is 60.9 Å². The lowest BCUT2D eigenvalue weighted by Gasteiger charge is -2.39. The minimum Gasteiger partial charge on any atom is -0.481 e. The Balaban J connectivity index is 1.89. The number of amides is 2. The molecule has 0 unspecified atom stereocenters. The van der Waals surface area contributed by atoms with E-state index in [1.807, 2.05) is 16.7 Å². The first kappa shape index (κ1) is 13.5. The van der Waals surface area contributed by atoms with Crippen molar-refractivity contribution in [2.24, 2.45) is 5.41 Å². The molecule has 0 radical (unpaired) electrons. The number of likely N-dealkylation sites (tertiary alicyclic amines) is 1. The molecule has 2 aliphatic rings. The molecule has 0 aromatic heterocycles. The highest BCUT2D eigenvalue weighted by molar-refractivity contribution is 7.99. The molecule has 6 heteroatoms. The second kappa shape index (κ2) is 5.38. The molecule has 0 bridgehead atoms. The first-order chi connectivity index (χ1) is 8.53. The Morgan fingerprint density at radius 2 is 1.56 bits per heavy atom. The molecule has 2 rings (SSSR count). The zero-order valence-corrected chi connectivity index (χ0v) is 11.5. The van der Waals surface area contributed by atoms with E-state index < -0.39 is 11.4 Å². The molecule has 2 saturated heterocycles. The van der Waals surface area contributed by atoms with Gasteiger partial charge >= 0.3 is 12.0 Å². The Morgan fingerprint density at radius 3 is 2.06 bits per heavy atom. The third-order valence-corrected chi connectivity index (χ3v) is 4.88. The first-order valence-electron chi connectivity index (χ1n) is 6.38. The minimum atomic E-state index is -0.746. The van der Waals surface area contributed by atoms with Crippen LogP contribution in [0.5, 0.6) is 0 Å². The third-order valence-electron chi connectivity index (χ3n) is 3.94. The maximum atomic E-state index is 12.2. The van der Waals surface area contributed by atoms with Gasteiger partial charge in [0.2, 0.25) is 0 Å². The number of hydrogen-bond donors (Lipinski definition) is 1. The third kappa shape index (κ3) is 2.74. The molecule has 2 heterocycles. The van der Waals surface area contributed by atoms with Crippen LogP contribution < -0.4 is 0 Å². The molecule has 2 fully saturated rings. The highest BCUT2D eigenvalue weighted by Crippen LogP contribution is 2.31. The summed E-state index contributed by atoms with van der Waals surface area (Å²) in [7, 11) is 0. The maximum absolute atomic E-state index is 12.2. The largest absolute Gasteiger partial charge is 0.481 e. The molecular formula is C12H20N2O3S. The lowest BCUT2D eigenvalue weighted by Crippen LogP contribution is -2.51. The number of piperidine rings is 1. The molecule has 0 aliphatic carbocycles. The average molecular weight is 272 g/mol. The van der Waals surface area contributed by atoms with Crippen molar-refractivity contribution in [1.29, 1.82) is 0 Å². The summed E-state index contributed by atoms with van der Waals surface area (Å²) in [5.74, 6) is 1.27. The summed E-state index contributed by atoms with van der Waals surface area (Å²) < 4.78 is 0. The molecule has 102 valence electrons. The minimum absolute atomic E-state index is 0.0859. The van der Waals surface area contributed by atoms with Crippen molar-refractivity contribution in [3.63, 3.8) is 0 Å². The van der Waals surface area contributed by atoms with Crippen molar-refractivity contribution < 1.29 is 14.7 Å². The fourth-order valence-corrected chi connectivity index (χ4v) is 3.26. The van der Waals surface area contributed by atoms with Crippen LogP contribution in [0.2, 0.25) is 0 Å². The van der Waals surface area contributed by atoms with Gasteiger partial charge < -0.3 is 14.9 Å². The van der Waals surface area contributed by atoms with E-state index >= 15 is 0 Å². The zero-order chi connectivity index (χ0) is 13.2. The van der Waals surface area contributed by atoms with Crippen LogP contribution in [0.3, 0.4) is 0 Å². The van der Waals surface area contributed by atoms with Gasteiger partial charge in [-0.2, -0.15) is 11.8 Å². The van der Waals surface area contributed by atoms with E-state index in [4.69, 9.17) is 5.11 Å². The van der Waals surface area contributed by atoms with Crippen LogP contribution in [0.15, 0.2) is 0 Å². The molecule has 2 aliphatic heterocycles. The summed E-state index contributed by atoms with van der Waals surface area (Å²) in [6.07, 6.45) is 1.10.